The van der Waals surface area contributed by atoms with E-state index < -0.39 is 33.8 Å². The van der Waals surface area contributed by atoms with Gasteiger partial charge in [0.05, 0.1) is 18.5 Å². The zero-order chi connectivity index (χ0) is 21.4. The van der Waals surface area contributed by atoms with Crippen molar-refractivity contribution in [3.8, 4) is 11.5 Å². The van der Waals surface area contributed by atoms with Gasteiger partial charge in [-0.1, -0.05) is 28.1 Å². The van der Waals surface area contributed by atoms with Crippen LogP contribution in [0.3, 0.4) is 0 Å². The van der Waals surface area contributed by atoms with Gasteiger partial charge >= 0.3 is 12.1 Å². The molecule has 0 aliphatic heterocycles. The first-order valence-corrected chi connectivity index (χ1v) is 10.5. The summed E-state index contributed by atoms with van der Waals surface area (Å²) in [5.41, 5.74) is 0.259. The van der Waals surface area contributed by atoms with E-state index in [1.807, 2.05) is 0 Å². The molecule has 0 aliphatic carbocycles. The lowest BCUT2D eigenvalue weighted by Gasteiger charge is -2.23. The number of anilines is 1. The molecule has 0 unspecified atom stereocenters. The number of benzene rings is 2. The van der Waals surface area contributed by atoms with E-state index in [9.17, 15) is 26.0 Å². The van der Waals surface area contributed by atoms with Gasteiger partial charge in [-0.05, 0) is 30.3 Å². The van der Waals surface area contributed by atoms with Crippen LogP contribution in [0.2, 0.25) is 0 Å². The minimum absolute atomic E-state index is 0.00899. The molecule has 0 aliphatic rings. The van der Waals surface area contributed by atoms with E-state index in [0.29, 0.717) is 10.2 Å². The Bertz CT molecular complexity index is 1150. The van der Waals surface area contributed by atoms with Crippen molar-refractivity contribution in [1.29, 1.82) is 0 Å². The lowest BCUT2D eigenvalue weighted by Crippen LogP contribution is -2.29. The topological polar surface area (TPSA) is 76.3 Å². The molecule has 2 aromatic carbocycles. The zero-order valence-corrected chi connectivity index (χ0v) is 17.0. The predicted octanol–water partition coefficient (Wildman–Crippen LogP) is 4.62. The van der Waals surface area contributed by atoms with Gasteiger partial charge in [0, 0.05) is 15.6 Å². The molecule has 0 saturated carbocycles. The molecule has 0 N–H and O–H groups in total. The quantitative estimate of drug-likeness (QED) is 0.484. The molecule has 12 heteroatoms. The Balaban J connectivity index is 1.92. The lowest BCUT2D eigenvalue weighted by molar-refractivity contribution is -0.156. The molecular formula is C17H12BrF4N3O3S. The van der Waals surface area contributed by atoms with Crippen LogP contribution in [0.5, 0.6) is 0 Å². The third-order valence-electron chi connectivity index (χ3n) is 3.78. The maximum Gasteiger partial charge on any atom is 0.470 e. The summed E-state index contributed by atoms with van der Waals surface area (Å²) in [5.74, 6) is -2.89. The van der Waals surface area contributed by atoms with Crippen molar-refractivity contribution < 1.29 is 30.4 Å². The molecule has 0 radical (unpaired) electrons. The molecule has 3 rings (SSSR count). The lowest BCUT2D eigenvalue weighted by atomic mass is 10.1. The largest absolute Gasteiger partial charge is 0.470 e. The Morgan fingerprint density at radius 1 is 1.14 bits per heavy atom. The number of hydrogen-bond donors (Lipinski definition) is 0. The highest BCUT2D eigenvalue weighted by Gasteiger charge is 2.38. The van der Waals surface area contributed by atoms with Gasteiger partial charge in [0.1, 0.15) is 5.82 Å². The summed E-state index contributed by atoms with van der Waals surface area (Å²) in [6, 6.07) is 9.87. The number of rotatable bonds is 5. The van der Waals surface area contributed by atoms with Gasteiger partial charge < -0.3 is 4.42 Å². The minimum atomic E-state index is -4.82. The molecule has 0 amide bonds. The highest BCUT2D eigenvalue weighted by molar-refractivity contribution is 9.10. The molecule has 0 fully saturated rings. The van der Waals surface area contributed by atoms with Crippen LogP contribution in [-0.2, 0) is 22.7 Å². The van der Waals surface area contributed by atoms with Crippen LogP contribution in [0, 0.1) is 5.82 Å². The molecule has 6 nitrogen and oxygen atoms in total. The Labute approximate surface area is 171 Å². The van der Waals surface area contributed by atoms with Gasteiger partial charge in [-0.15, -0.1) is 10.2 Å². The number of sulfonamides is 1. The monoisotopic (exact) mass is 493 g/mol. The second-order valence-electron chi connectivity index (χ2n) is 5.97. The maximum atomic E-state index is 14.6. The summed E-state index contributed by atoms with van der Waals surface area (Å²) in [6.45, 7) is -0.320. The molecule has 154 valence electrons. The molecule has 3 aromatic rings. The van der Waals surface area contributed by atoms with Crippen molar-refractivity contribution in [1.82, 2.24) is 10.2 Å². The van der Waals surface area contributed by atoms with Crippen molar-refractivity contribution in [3.63, 3.8) is 0 Å². The fraction of sp³-hybridized carbons (Fsp3) is 0.176. The minimum Gasteiger partial charge on any atom is -0.413 e. The first-order valence-electron chi connectivity index (χ1n) is 7.88. The molecule has 0 bridgehead atoms. The van der Waals surface area contributed by atoms with E-state index in [1.54, 1.807) is 24.3 Å². The Kier molecular flexibility index (Phi) is 5.68. The Hall–Kier alpha value is -2.47. The standard InChI is InChI=1S/C17H12BrF4N3O3S/c1-29(26,27)25(13-4-2-3-12(18)8-13)9-11-6-5-10(7-14(11)19)15-23-24-16(28-15)17(20,21)22/h2-8H,9H2,1H3. The summed E-state index contributed by atoms with van der Waals surface area (Å²) in [7, 11) is -3.75. The summed E-state index contributed by atoms with van der Waals surface area (Å²) in [6.07, 6.45) is -3.83. The normalized spacial score (nSPS) is 12.2. The number of aromatic nitrogens is 2. The number of alkyl halides is 3. The molecule has 0 saturated heterocycles. The first kappa shape index (κ1) is 21.2. The van der Waals surface area contributed by atoms with Crippen LogP contribution in [0.1, 0.15) is 11.5 Å². The molecule has 29 heavy (non-hydrogen) atoms. The smallest absolute Gasteiger partial charge is 0.413 e. The highest BCUT2D eigenvalue weighted by Crippen LogP contribution is 2.31. The second-order valence-corrected chi connectivity index (χ2v) is 8.79. The van der Waals surface area contributed by atoms with Gasteiger partial charge in [0.2, 0.25) is 15.9 Å². The third kappa shape index (κ3) is 4.93. The van der Waals surface area contributed by atoms with Crippen molar-refractivity contribution in [2.45, 2.75) is 12.7 Å². The highest BCUT2D eigenvalue weighted by atomic mass is 79.9. The Morgan fingerprint density at radius 3 is 2.41 bits per heavy atom. The van der Waals surface area contributed by atoms with E-state index in [-0.39, 0.29) is 17.7 Å². The maximum absolute atomic E-state index is 14.6. The molecule has 1 heterocycles. The molecule has 0 spiro atoms. The van der Waals surface area contributed by atoms with Crippen LogP contribution in [-0.4, -0.2) is 24.9 Å². The summed E-state index contributed by atoms with van der Waals surface area (Å²) in [4.78, 5) is 0. The van der Waals surface area contributed by atoms with Gasteiger partial charge in [-0.25, -0.2) is 12.8 Å². The average molecular weight is 494 g/mol. The van der Waals surface area contributed by atoms with E-state index in [2.05, 4.69) is 30.5 Å². The summed E-state index contributed by atoms with van der Waals surface area (Å²) >= 11 is 3.25. The van der Waals surface area contributed by atoms with Crippen LogP contribution in [0.15, 0.2) is 51.4 Å². The Morgan fingerprint density at radius 2 is 1.86 bits per heavy atom. The number of nitrogens with zero attached hydrogens (tertiary/aromatic N) is 3. The third-order valence-corrected chi connectivity index (χ3v) is 5.41. The first-order chi connectivity index (χ1) is 13.4. The van der Waals surface area contributed by atoms with Crippen molar-refractivity contribution in [2.24, 2.45) is 0 Å². The van der Waals surface area contributed by atoms with Gasteiger partial charge in [-0.3, -0.25) is 4.31 Å². The van der Waals surface area contributed by atoms with Crippen molar-refractivity contribution in [2.75, 3.05) is 10.6 Å². The summed E-state index contributed by atoms with van der Waals surface area (Å²) in [5, 5.41) is 6.15. The van der Waals surface area contributed by atoms with E-state index in [1.165, 1.54) is 12.1 Å². The van der Waals surface area contributed by atoms with Crippen molar-refractivity contribution in [3.05, 3.63) is 64.2 Å². The van der Waals surface area contributed by atoms with Crippen molar-refractivity contribution >= 4 is 31.6 Å². The van der Waals surface area contributed by atoms with E-state index in [0.717, 1.165) is 16.6 Å². The van der Waals surface area contributed by atoms with Gasteiger partial charge in [0.25, 0.3) is 0 Å². The number of halogens is 5. The van der Waals surface area contributed by atoms with Gasteiger partial charge in [0.15, 0.2) is 0 Å². The van der Waals surface area contributed by atoms with Crippen LogP contribution < -0.4 is 4.31 Å². The molecular weight excluding hydrogens is 482 g/mol. The van der Waals surface area contributed by atoms with Gasteiger partial charge in [-0.2, -0.15) is 13.2 Å². The van der Waals surface area contributed by atoms with Crippen LogP contribution >= 0.6 is 15.9 Å². The predicted molar refractivity (Wildman–Crippen MR) is 99.9 cm³/mol. The number of hydrogen-bond acceptors (Lipinski definition) is 5. The van der Waals surface area contributed by atoms with Crippen LogP contribution in [0.25, 0.3) is 11.5 Å². The fourth-order valence-corrected chi connectivity index (χ4v) is 3.71. The van der Waals surface area contributed by atoms with E-state index in [4.69, 9.17) is 0 Å². The van der Waals surface area contributed by atoms with E-state index >= 15 is 0 Å². The molecule has 1 aromatic heterocycles. The molecule has 0 atom stereocenters. The summed E-state index contributed by atoms with van der Waals surface area (Å²) < 4.78 is 82.8. The average Bonchev–Trinajstić information content (AvgIpc) is 3.10. The second kappa shape index (κ2) is 7.75. The zero-order valence-electron chi connectivity index (χ0n) is 14.6. The fourth-order valence-electron chi connectivity index (χ4n) is 2.45. The van der Waals surface area contributed by atoms with Crippen LogP contribution in [0.4, 0.5) is 23.2 Å². The SMILES string of the molecule is CS(=O)(=O)N(Cc1ccc(-c2nnc(C(F)(F)F)o2)cc1F)c1cccc(Br)c1.